The van der Waals surface area contributed by atoms with Crippen LogP contribution in [0.15, 0.2) is 23.5 Å². The fourth-order valence-electron chi connectivity index (χ4n) is 3.82. The summed E-state index contributed by atoms with van der Waals surface area (Å²) in [6.07, 6.45) is 7.58. The Hall–Kier alpha value is -1.16. The SMILES string of the molecule is CCN1CCCCC1CNC(=NC)N1CCN(c2ncccn2)CC1.I. The van der Waals surface area contributed by atoms with Crippen molar-refractivity contribution in [2.24, 2.45) is 4.99 Å². The van der Waals surface area contributed by atoms with Crippen molar-refractivity contribution < 1.29 is 0 Å². The molecule has 1 atom stereocenters. The monoisotopic (exact) mass is 473 g/mol. The number of nitrogens with one attached hydrogen (secondary N) is 1. The highest BCUT2D eigenvalue weighted by atomic mass is 127. The first-order valence-electron chi connectivity index (χ1n) is 9.53. The van der Waals surface area contributed by atoms with Crippen LogP contribution in [0.3, 0.4) is 0 Å². The third kappa shape index (κ3) is 5.42. The smallest absolute Gasteiger partial charge is 0.225 e. The van der Waals surface area contributed by atoms with Gasteiger partial charge in [0.1, 0.15) is 0 Å². The zero-order chi connectivity index (χ0) is 17.5. The van der Waals surface area contributed by atoms with Gasteiger partial charge in [-0.2, -0.15) is 0 Å². The lowest BCUT2D eigenvalue weighted by Crippen LogP contribution is -2.55. The van der Waals surface area contributed by atoms with Gasteiger partial charge in [0.25, 0.3) is 0 Å². The van der Waals surface area contributed by atoms with E-state index in [0.29, 0.717) is 6.04 Å². The largest absolute Gasteiger partial charge is 0.355 e. The molecule has 2 fully saturated rings. The number of rotatable bonds is 4. The third-order valence-electron chi connectivity index (χ3n) is 5.28. The summed E-state index contributed by atoms with van der Waals surface area (Å²) in [7, 11) is 1.88. The quantitative estimate of drug-likeness (QED) is 0.408. The number of anilines is 1. The summed E-state index contributed by atoms with van der Waals surface area (Å²) in [5.41, 5.74) is 0. The second-order valence-corrected chi connectivity index (χ2v) is 6.73. The summed E-state index contributed by atoms with van der Waals surface area (Å²) in [5, 5.41) is 3.61. The Balaban J connectivity index is 0.00000243. The zero-order valence-corrected chi connectivity index (χ0v) is 18.3. The van der Waals surface area contributed by atoms with Gasteiger partial charge < -0.3 is 15.1 Å². The Morgan fingerprint density at radius 1 is 1.15 bits per heavy atom. The standard InChI is InChI=1S/C18H31N7.HI/c1-3-23-10-5-4-7-16(23)15-22-17(19-2)24-11-13-25(14-12-24)18-20-8-6-9-21-18;/h6,8-9,16H,3-5,7,10-15H2,1-2H3,(H,19,22);1H. The molecular formula is C18H32IN7. The highest BCUT2D eigenvalue weighted by Gasteiger charge is 2.24. The van der Waals surface area contributed by atoms with Gasteiger partial charge in [0, 0.05) is 58.2 Å². The number of aliphatic imine (C=N–C) groups is 1. The van der Waals surface area contributed by atoms with E-state index in [1.54, 1.807) is 12.4 Å². The minimum atomic E-state index is 0. The van der Waals surface area contributed by atoms with Crippen molar-refractivity contribution in [1.29, 1.82) is 0 Å². The number of halogens is 1. The number of piperazine rings is 1. The van der Waals surface area contributed by atoms with Crippen molar-refractivity contribution in [2.45, 2.75) is 32.2 Å². The molecule has 2 aliphatic rings. The van der Waals surface area contributed by atoms with Gasteiger partial charge >= 0.3 is 0 Å². The molecule has 2 aliphatic heterocycles. The van der Waals surface area contributed by atoms with Crippen molar-refractivity contribution in [1.82, 2.24) is 25.1 Å². The van der Waals surface area contributed by atoms with E-state index in [-0.39, 0.29) is 24.0 Å². The van der Waals surface area contributed by atoms with Crippen LogP contribution in [0, 0.1) is 0 Å². The first-order valence-corrected chi connectivity index (χ1v) is 9.53. The number of likely N-dealkylation sites (N-methyl/N-ethyl adjacent to an activating group) is 1. The van der Waals surface area contributed by atoms with Crippen LogP contribution in [0.5, 0.6) is 0 Å². The van der Waals surface area contributed by atoms with Gasteiger partial charge in [-0.25, -0.2) is 9.97 Å². The van der Waals surface area contributed by atoms with Crippen LogP contribution in [-0.4, -0.2) is 84.6 Å². The number of nitrogens with zero attached hydrogens (tertiary/aromatic N) is 6. The number of aromatic nitrogens is 2. The van der Waals surface area contributed by atoms with E-state index in [2.05, 4.69) is 41.9 Å². The first kappa shape index (κ1) is 21.1. The van der Waals surface area contributed by atoms with Crippen LogP contribution in [-0.2, 0) is 0 Å². The lowest BCUT2D eigenvalue weighted by molar-refractivity contribution is 0.156. The molecule has 0 aliphatic carbocycles. The molecular weight excluding hydrogens is 441 g/mol. The maximum Gasteiger partial charge on any atom is 0.225 e. The first-order chi connectivity index (χ1) is 12.3. The highest BCUT2D eigenvalue weighted by molar-refractivity contribution is 14.0. The lowest BCUT2D eigenvalue weighted by atomic mass is 10.0. The summed E-state index contributed by atoms with van der Waals surface area (Å²) in [5.74, 6) is 1.85. The Kier molecular flexibility index (Phi) is 8.83. The van der Waals surface area contributed by atoms with Gasteiger partial charge in [0.15, 0.2) is 5.96 Å². The van der Waals surface area contributed by atoms with E-state index in [0.717, 1.165) is 51.2 Å². The van der Waals surface area contributed by atoms with Crippen LogP contribution in [0.4, 0.5) is 5.95 Å². The van der Waals surface area contributed by atoms with Crippen LogP contribution in [0.2, 0.25) is 0 Å². The fourth-order valence-corrected chi connectivity index (χ4v) is 3.82. The minimum absolute atomic E-state index is 0. The highest BCUT2D eigenvalue weighted by Crippen LogP contribution is 2.16. The van der Waals surface area contributed by atoms with Crippen LogP contribution >= 0.6 is 24.0 Å². The van der Waals surface area contributed by atoms with Gasteiger partial charge in [-0.1, -0.05) is 13.3 Å². The molecule has 0 bridgehead atoms. The van der Waals surface area contributed by atoms with E-state index in [4.69, 9.17) is 0 Å². The molecule has 0 spiro atoms. The van der Waals surface area contributed by atoms with Crippen molar-refractivity contribution in [3.8, 4) is 0 Å². The summed E-state index contributed by atoms with van der Waals surface area (Å²) in [6, 6.07) is 2.49. The van der Waals surface area contributed by atoms with Crippen molar-refractivity contribution in [3.05, 3.63) is 18.5 Å². The molecule has 0 radical (unpaired) electrons. The van der Waals surface area contributed by atoms with Crippen molar-refractivity contribution in [2.75, 3.05) is 57.8 Å². The maximum absolute atomic E-state index is 4.51. The molecule has 1 unspecified atom stereocenters. The Labute approximate surface area is 174 Å². The van der Waals surface area contributed by atoms with Crippen LogP contribution in [0.25, 0.3) is 0 Å². The summed E-state index contributed by atoms with van der Waals surface area (Å²) >= 11 is 0. The zero-order valence-electron chi connectivity index (χ0n) is 16.0. The van der Waals surface area contributed by atoms with E-state index < -0.39 is 0 Å². The molecule has 2 saturated heterocycles. The lowest BCUT2D eigenvalue weighted by Gasteiger charge is -2.38. The molecule has 26 heavy (non-hydrogen) atoms. The topological polar surface area (TPSA) is 59.9 Å². The summed E-state index contributed by atoms with van der Waals surface area (Å²) in [4.78, 5) is 20.4. The summed E-state index contributed by atoms with van der Waals surface area (Å²) in [6.45, 7) is 9.36. The Morgan fingerprint density at radius 3 is 2.54 bits per heavy atom. The third-order valence-corrected chi connectivity index (χ3v) is 5.28. The van der Waals surface area contributed by atoms with Crippen LogP contribution < -0.4 is 10.2 Å². The molecule has 1 N–H and O–H groups in total. The number of guanidine groups is 1. The van der Waals surface area contributed by atoms with E-state index >= 15 is 0 Å². The van der Waals surface area contributed by atoms with Crippen molar-refractivity contribution >= 4 is 35.9 Å². The predicted molar refractivity (Wildman–Crippen MR) is 117 cm³/mol. The second-order valence-electron chi connectivity index (χ2n) is 6.73. The molecule has 1 aromatic heterocycles. The average molecular weight is 473 g/mol. The maximum atomic E-state index is 4.51. The fraction of sp³-hybridized carbons (Fsp3) is 0.722. The molecule has 0 amide bonds. The Morgan fingerprint density at radius 2 is 1.88 bits per heavy atom. The molecule has 0 aromatic carbocycles. The second kappa shape index (κ2) is 10.9. The van der Waals surface area contributed by atoms with Gasteiger partial charge in [-0.3, -0.25) is 9.89 Å². The molecule has 3 heterocycles. The summed E-state index contributed by atoms with van der Waals surface area (Å²) < 4.78 is 0. The molecule has 7 nitrogen and oxygen atoms in total. The van der Waals surface area contributed by atoms with Gasteiger partial charge in [-0.05, 0) is 32.0 Å². The van der Waals surface area contributed by atoms with Gasteiger partial charge in [-0.15, -0.1) is 24.0 Å². The molecule has 146 valence electrons. The number of likely N-dealkylation sites (tertiary alicyclic amines) is 1. The molecule has 0 saturated carbocycles. The average Bonchev–Trinajstić information content (AvgIpc) is 2.70. The van der Waals surface area contributed by atoms with Gasteiger partial charge in [0.2, 0.25) is 5.95 Å². The molecule has 3 rings (SSSR count). The van der Waals surface area contributed by atoms with E-state index in [9.17, 15) is 0 Å². The predicted octanol–water partition coefficient (Wildman–Crippen LogP) is 1.67. The van der Waals surface area contributed by atoms with Gasteiger partial charge in [0.05, 0.1) is 0 Å². The number of hydrogen-bond donors (Lipinski definition) is 1. The minimum Gasteiger partial charge on any atom is -0.355 e. The Bertz CT molecular complexity index is 546. The van der Waals surface area contributed by atoms with E-state index in [1.807, 2.05) is 13.1 Å². The number of hydrogen-bond acceptors (Lipinski definition) is 5. The van der Waals surface area contributed by atoms with E-state index in [1.165, 1.54) is 25.8 Å². The molecule has 8 heteroatoms. The molecule has 1 aromatic rings. The number of piperidine rings is 1. The normalized spacial score (nSPS) is 22.1. The van der Waals surface area contributed by atoms with Crippen molar-refractivity contribution in [3.63, 3.8) is 0 Å². The van der Waals surface area contributed by atoms with Crippen LogP contribution in [0.1, 0.15) is 26.2 Å².